The molecule has 182 valence electrons. The van der Waals surface area contributed by atoms with E-state index in [9.17, 15) is 4.79 Å². The zero-order valence-corrected chi connectivity index (χ0v) is 20.3. The Labute approximate surface area is 204 Å². The second kappa shape index (κ2) is 10.0. The molecule has 1 saturated heterocycles. The van der Waals surface area contributed by atoms with Crippen LogP contribution in [0.15, 0.2) is 36.7 Å². The van der Waals surface area contributed by atoms with E-state index in [1.807, 2.05) is 32.9 Å². The van der Waals surface area contributed by atoms with Crippen LogP contribution in [-0.2, 0) is 4.74 Å². The van der Waals surface area contributed by atoms with Gasteiger partial charge in [0, 0.05) is 24.7 Å². The number of hydrogen-bond donors (Lipinski definition) is 2. The predicted molar refractivity (Wildman–Crippen MR) is 132 cm³/mol. The largest absolute Gasteiger partial charge is 0.496 e. The summed E-state index contributed by atoms with van der Waals surface area (Å²) in [5, 5.41) is 10.4. The Morgan fingerprint density at radius 1 is 1.17 bits per heavy atom. The number of rotatable bonds is 5. The lowest BCUT2D eigenvalue weighted by atomic mass is 9.88. The third-order valence-corrected chi connectivity index (χ3v) is 5.72. The first-order valence-corrected chi connectivity index (χ1v) is 11.4. The SMILES string of the molecule is [C-]#[N+]c1cnc(Nc2cc(-c3ccc(C4CCN(C(=O)OC(C)(C)C)CC4)cc3OC)[nH]n2)cn1. The second-order valence-corrected chi connectivity index (χ2v) is 9.36. The van der Waals surface area contributed by atoms with Crippen LogP contribution in [0.3, 0.4) is 0 Å². The molecule has 0 aliphatic carbocycles. The third kappa shape index (κ3) is 5.87. The number of anilines is 2. The molecule has 1 aliphatic heterocycles. The van der Waals surface area contributed by atoms with Crippen LogP contribution in [0.4, 0.5) is 22.2 Å². The number of piperidine rings is 1. The summed E-state index contributed by atoms with van der Waals surface area (Å²) in [4.78, 5) is 25.5. The van der Waals surface area contributed by atoms with Crippen molar-refractivity contribution in [2.45, 2.75) is 45.1 Å². The number of likely N-dealkylation sites (tertiary alicyclic amines) is 1. The van der Waals surface area contributed by atoms with Crippen molar-refractivity contribution in [2.75, 3.05) is 25.5 Å². The number of aromatic amines is 1. The van der Waals surface area contributed by atoms with E-state index < -0.39 is 5.60 Å². The van der Waals surface area contributed by atoms with Crippen molar-refractivity contribution in [1.82, 2.24) is 25.1 Å². The smallest absolute Gasteiger partial charge is 0.410 e. The molecule has 2 N–H and O–H groups in total. The normalized spacial score (nSPS) is 14.3. The second-order valence-electron chi connectivity index (χ2n) is 9.36. The van der Waals surface area contributed by atoms with Gasteiger partial charge in [-0.2, -0.15) is 5.10 Å². The van der Waals surface area contributed by atoms with Gasteiger partial charge in [0.05, 0.1) is 19.0 Å². The monoisotopic (exact) mass is 475 g/mol. The van der Waals surface area contributed by atoms with Crippen LogP contribution in [0.25, 0.3) is 16.1 Å². The van der Waals surface area contributed by atoms with E-state index >= 15 is 0 Å². The molecule has 10 nitrogen and oxygen atoms in total. The van der Waals surface area contributed by atoms with Crippen LogP contribution in [-0.4, -0.2) is 57.0 Å². The van der Waals surface area contributed by atoms with Crippen LogP contribution >= 0.6 is 0 Å². The van der Waals surface area contributed by atoms with Crippen molar-refractivity contribution >= 4 is 23.5 Å². The van der Waals surface area contributed by atoms with E-state index in [-0.39, 0.29) is 11.9 Å². The van der Waals surface area contributed by atoms with Gasteiger partial charge in [0.15, 0.2) is 17.8 Å². The molecule has 2 aromatic heterocycles. The highest BCUT2D eigenvalue weighted by Gasteiger charge is 2.28. The third-order valence-electron chi connectivity index (χ3n) is 5.72. The molecule has 0 bridgehead atoms. The fourth-order valence-corrected chi connectivity index (χ4v) is 4.00. The number of hydrogen-bond acceptors (Lipinski definition) is 7. The zero-order chi connectivity index (χ0) is 25.0. The van der Waals surface area contributed by atoms with Crippen LogP contribution in [0.1, 0.15) is 45.1 Å². The molecule has 0 saturated carbocycles. The van der Waals surface area contributed by atoms with E-state index in [0.29, 0.717) is 30.6 Å². The fourth-order valence-electron chi connectivity index (χ4n) is 4.00. The number of carbonyl (C=O) groups excluding carboxylic acids is 1. The summed E-state index contributed by atoms with van der Waals surface area (Å²) < 4.78 is 11.2. The van der Waals surface area contributed by atoms with Crippen molar-refractivity contribution < 1.29 is 14.3 Å². The predicted octanol–water partition coefficient (Wildman–Crippen LogP) is 5.28. The van der Waals surface area contributed by atoms with Crippen LogP contribution < -0.4 is 10.1 Å². The zero-order valence-electron chi connectivity index (χ0n) is 20.3. The molecule has 1 amide bonds. The van der Waals surface area contributed by atoms with Gasteiger partial charge >= 0.3 is 6.09 Å². The Morgan fingerprint density at radius 3 is 2.57 bits per heavy atom. The summed E-state index contributed by atoms with van der Waals surface area (Å²) >= 11 is 0. The summed E-state index contributed by atoms with van der Waals surface area (Å²) in [5.74, 6) is 2.39. The first-order chi connectivity index (χ1) is 16.8. The Balaban J connectivity index is 1.43. The fraction of sp³-hybridized carbons (Fsp3) is 0.400. The average molecular weight is 476 g/mol. The molecule has 10 heteroatoms. The molecule has 0 atom stereocenters. The van der Waals surface area contributed by atoms with E-state index in [1.54, 1.807) is 12.0 Å². The lowest BCUT2D eigenvalue weighted by Crippen LogP contribution is -2.41. The highest BCUT2D eigenvalue weighted by Crippen LogP contribution is 2.36. The lowest BCUT2D eigenvalue weighted by Gasteiger charge is -2.33. The topological polar surface area (TPSA) is 110 Å². The molecule has 35 heavy (non-hydrogen) atoms. The van der Waals surface area contributed by atoms with Gasteiger partial charge in [0.25, 0.3) is 5.82 Å². The van der Waals surface area contributed by atoms with Gasteiger partial charge in [0.2, 0.25) is 0 Å². The van der Waals surface area contributed by atoms with Gasteiger partial charge in [-0.15, -0.1) is 4.98 Å². The number of nitrogens with one attached hydrogen (secondary N) is 2. The van der Waals surface area contributed by atoms with E-state index in [1.165, 1.54) is 18.0 Å². The van der Waals surface area contributed by atoms with E-state index in [2.05, 4.69) is 42.5 Å². The molecule has 0 spiro atoms. The van der Waals surface area contributed by atoms with Gasteiger partial charge in [-0.3, -0.25) is 5.10 Å². The van der Waals surface area contributed by atoms with Gasteiger partial charge in [-0.1, -0.05) is 12.6 Å². The number of benzene rings is 1. The first-order valence-electron chi connectivity index (χ1n) is 11.4. The van der Waals surface area contributed by atoms with Crippen LogP contribution in [0.2, 0.25) is 0 Å². The summed E-state index contributed by atoms with van der Waals surface area (Å²) in [6.45, 7) is 13.9. The van der Waals surface area contributed by atoms with Crippen molar-refractivity contribution in [1.29, 1.82) is 0 Å². The quantitative estimate of drug-likeness (QED) is 0.483. The molecule has 1 aliphatic rings. The van der Waals surface area contributed by atoms with Crippen molar-refractivity contribution in [2.24, 2.45) is 0 Å². The maximum atomic E-state index is 12.4. The summed E-state index contributed by atoms with van der Waals surface area (Å²) in [6.07, 6.45) is 4.38. The summed E-state index contributed by atoms with van der Waals surface area (Å²) in [5.41, 5.74) is 2.37. The maximum absolute atomic E-state index is 12.4. The minimum Gasteiger partial charge on any atom is -0.496 e. The summed E-state index contributed by atoms with van der Waals surface area (Å²) in [7, 11) is 1.65. The van der Waals surface area contributed by atoms with Gasteiger partial charge in [-0.25, -0.2) is 9.78 Å². The van der Waals surface area contributed by atoms with E-state index in [4.69, 9.17) is 16.0 Å². The molecule has 0 unspecified atom stereocenters. The van der Waals surface area contributed by atoms with Crippen molar-refractivity contribution in [3.05, 3.63) is 53.6 Å². The molecule has 1 aromatic carbocycles. The molecular formula is C25H29N7O3. The number of ether oxygens (including phenoxy) is 2. The molecule has 0 radical (unpaired) electrons. The number of carbonyl (C=O) groups is 1. The molecule has 4 rings (SSSR count). The van der Waals surface area contributed by atoms with Crippen LogP contribution in [0, 0.1) is 6.57 Å². The Hall–Kier alpha value is -4.13. The number of H-pyrrole nitrogens is 1. The van der Waals surface area contributed by atoms with Crippen molar-refractivity contribution in [3.63, 3.8) is 0 Å². The molecule has 1 fully saturated rings. The summed E-state index contributed by atoms with van der Waals surface area (Å²) in [6, 6.07) is 8.05. The maximum Gasteiger partial charge on any atom is 0.410 e. The standard InChI is InChI=1S/C25H29N7O3/c1-25(2,3)35-24(33)32-10-8-16(9-11-32)17-6-7-18(20(12-17)34-5)19-13-21(31-30-19)29-23-15-27-22(26-4)14-28-23/h6-7,12-16H,8-11H2,1-3,5H3,(H2,28,29,30,31). The van der Waals surface area contributed by atoms with E-state index in [0.717, 1.165) is 29.8 Å². The number of nitrogens with zero attached hydrogens (tertiary/aromatic N) is 5. The van der Waals surface area contributed by atoms with Gasteiger partial charge in [-0.05, 0) is 57.2 Å². The molecule has 3 heterocycles. The lowest BCUT2D eigenvalue weighted by molar-refractivity contribution is 0.0205. The highest BCUT2D eigenvalue weighted by molar-refractivity contribution is 5.71. The van der Waals surface area contributed by atoms with Crippen molar-refractivity contribution in [3.8, 4) is 17.0 Å². The van der Waals surface area contributed by atoms with Crippen LogP contribution in [0.5, 0.6) is 5.75 Å². The Bertz CT molecular complexity index is 1220. The number of methoxy groups -OCH3 is 1. The van der Waals surface area contributed by atoms with Gasteiger partial charge in [0.1, 0.15) is 11.4 Å². The van der Waals surface area contributed by atoms with Gasteiger partial charge < -0.3 is 24.5 Å². The first kappa shape index (κ1) is 24.0. The average Bonchev–Trinajstić information content (AvgIpc) is 3.31. The Kier molecular flexibility index (Phi) is 6.87. The Morgan fingerprint density at radius 2 is 1.94 bits per heavy atom. The number of aromatic nitrogens is 4. The molecule has 3 aromatic rings. The molecular weight excluding hydrogens is 446 g/mol. The highest BCUT2D eigenvalue weighted by atomic mass is 16.6. The minimum absolute atomic E-state index is 0.235. The minimum atomic E-state index is -0.490. The number of amides is 1.